The maximum absolute atomic E-state index is 12.7. The van der Waals surface area contributed by atoms with E-state index in [9.17, 15) is 4.79 Å². The zero-order valence-corrected chi connectivity index (χ0v) is 13.5. The number of carbonyl (C=O) groups excluding carboxylic acids is 1. The van der Waals surface area contributed by atoms with Gasteiger partial charge >= 0.3 is 0 Å². The molecule has 3 atom stereocenters. The van der Waals surface area contributed by atoms with E-state index in [0.29, 0.717) is 17.5 Å². The van der Waals surface area contributed by atoms with Crippen molar-refractivity contribution in [3.8, 4) is 5.69 Å². The van der Waals surface area contributed by atoms with Crippen LogP contribution in [-0.2, 0) is 0 Å². The summed E-state index contributed by atoms with van der Waals surface area (Å²) in [6, 6.07) is 5.73. The SMILES string of the molecule is Cl.NC1CCC2CN(C(=O)c3cc(-n4cccn4)ccn3)CC12. The molecule has 2 N–H and O–H groups in total. The average Bonchev–Trinajstić information content (AvgIpc) is 3.25. The predicted octanol–water partition coefficient (Wildman–Crippen LogP) is 1.50. The number of rotatable bonds is 2. The smallest absolute Gasteiger partial charge is 0.272 e. The van der Waals surface area contributed by atoms with Gasteiger partial charge in [-0.15, -0.1) is 12.4 Å². The van der Waals surface area contributed by atoms with Crippen LogP contribution < -0.4 is 5.73 Å². The second kappa shape index (κ2) is 6.29. The Morgan fingerprint density at radius 2 is 2.13 bits per heavy atom. The van der Waals surface area contributed by atoms with Crippen molar-refractivity contribution in [1.29, 1.82) is 0 Å². The Morgan fingerprint density at radius 3 is 2.87 bits per heavy atom. The van der Waals surface area contributed by atoms with E-state index in [1.807, 2.05) is 23.2 Å². The average molecular weight is 334 g/mol. The zero-order valence-electron chi connectivity index (χ0n) is 12.7. The number of carbonyl (C=O) groups is 1. The fourth-order valence-electron chi connectivity index (χ4n) is 3.74. The van der Waals surface area contributed by atoms with Gasteiger partial charge in [0.15, 0.2) is 0 Å². The number of hydrogen-bond donors (Lipinski definition) is 1. The Balaban J connectivity index is 0.00000156. The molecular formula is C16H20ClN5O. The quantitative estimate of drug-likeness (QED) is 0.903. The lowest BCUT2D eigenvalue weighted by atomic mass is 9.98. The minimum atomic E-state index is -0.00407. The van der Waals surface area contributed by atoms with Crippen molar-refractivity contribution >= 4 is 18.3 Å². The minimum absolute atomic E-state index is 0. The third-order valence-electron chi connectivity index (χ3n) is 4.93. The van der Waals surface area contributed by atoms with Gasteiger partial charge in [-0.25, -0.2) is 4.68 Å². The molecule has 2 fully saturated rings. The number of fused-ring (bicyclic) bond motifs is 1. The largest absolute Gasteiger partial charge is 0.337 e. The van der Waals surface area contributed by atoms with Crippen molar-refractivity contribution in [3.05, 3.63) is 42.5 Å². The summed E-state index contributed by atoms with van der Waals surface area (Å²) in [7, 11) is 0. The number of hydrogen-bond acceptors (Lipinski definition) is 4. The monoisotopic (exact) mass is 333 g/mol. The molecule has 6 nitrogen and oxygen atoms in total. The number of amides is 1. The van der Waals surface area contributed by atoms with E-state index in [1.165, 1.54) is 0 Å². The standard InChI is InChI=1S/C16H19N5O.ClH/c17-14-3-2-11-9-20(10-13(11)14)16(22)15-8-12(4-6-18-15)21-7-1-5-19-21;/h1,4-8,11,13-14H,2-3,9-10,17H2;1H. The lowest BCUT2D eigenvalue weighted by molar-refractivity contribution is 0.0773. The first-order valence-electron chi connectivity index (χ1n) is 7.73. The molecule has 0 aromatic carbocycles. The van der Waals surface area contributed by atoms with Crippen LogP contribution in [0.4, 0.5) is 0 Å². The summed E-state index contributed by atoms with van der Waals surface area (Å²) in [4.78, 5) is 18.8. The highest BCUT2D eigenvalue weighted by atomic mass is 35.5. The summed E-state index contributed by atoms with van der Waals surface area (Å²) in [6.45, 7) is 1.57. The van der Waals surface area contributed by atoms with Gasteiger partial charge in [0.05, 0.1) is 5.69 Å². The Hall–Kier alpha value is -1.92. The summed E-state index contributed by atoms with van der Waals surface area (Å²) >= 11 is 0. The highest BCUT2D eigenvalue weighted by Gasteiger charge is 2.42. The zero-order chi connectivity index (χ0) is 15.1. The molecule has 122 valence electrons. The number of nitrogens with zero attached hydrogens (tertiary/aromatic N) is 4. The molecule has 1 aliphatic carbocycles. The molecule has 1 saturated carbocycles. The summed E-state index contributed by atoms with van der Waals surface area (Å²) in [6.07, 6.45) is 7.45. The molecule has 3 heterocycles. The third kappa shape index (κ3) is 2.84. The highest BCUT2D eigenvalue weighted by Crippen LogP contribution is 2.37. The van der Waals surface area contributed by atoms with Gasteiger partial charge in [-0.3, -0.25) is 9.78 Å². The van der Waals surface area contributed by atoms with Crippen LogP contribution in [0.15, 0.2) is 36.8 Å². The number of pyridine rings is 1. The van der Waals surface area contributed by atoms with E-state index in [4.69, 9.17) is 5.73 Å². The van der Waals surface area contributed by atoms with Crippen LogP contribution in [0.1, 0.15) is 23.3 Å². The maximum atomic E-state index is 12.7. The number of likely N-dealkylation sites (tertiary alicyclic amines) is 1. The van der Waals surface area contributed by atoms with Crippen LogP contribution in [0.25, 0.3) is 5.69 Å². The molecule has 0 spiro atoms. The second-order valence-corrected chi connectivity index (χ2v) is 6.23. The van der Waals surface area contributed by atoms with Crippen molar-refractivity contribution < 1.29 is 4.79 Å². The van der Waals surface area contributed by atoms with E-state index in [0.717, 1.165) is 31.6 Å². The molecule has 23 heavy (non-hydrogen) atoms. The molecule has 2 aromatic rings. The lowest BCUT2D eigenvalue weighted by Gasteiger charge is -2.18. The molecule has 1 aliphatic heterocycles. The molecule has 0 bridgehead atoms. The molecule has 3 unspecified atom stereocenters. The van der Waals surface area contributed by atoms with Crippen LogP contribution in [0.2, 0.25) is 0 Å². The van der Waals surface area contributed by atoms with Crippen molar-refractivity contribution in [3.63, 3.8) is 0 Å². The van der Waals surface area contributed by atoms with Gasteiger partial charge in [0, 0.05) is 37.7 Å². The summed E-state index contributed by atoms with van der Waals surface area (Å²) in [5, 5.41) is 4.19. The Morgan fingerprint density at radius 1 is 1.26 bits per heavy atom. The third-order valence-corrected chi connectivity index (χ3v) is 4.93. The van der Waals surface area contributed by atoms with Crippen LogP contribution in [0, 0.1) is 11.8 Å². The van der Waals surface area contributed by atoms with Crippen LogP contribution in [0.5, 0.6) is 0 Å². The first-order chi connectivity index (χ1) is 10.7. The van der Waals surface area contributed by atoms with E-state index < -0.39 is 0 Å². The molecular weight excluding hydrogens is 314 g/mol. The first kappa shape index (κ1) is 16.0. The molecule has 1 amide bonds. The predicted molar refractivity (Wildman–Crippen MR) is 88.7 cm³/mol. The van der Waals surface area contributed by atoms with Crippen molar-refractivity contribution in [1.82, 2.24) is 19.7 Å². The molecule has 1 saturated heterocycles. The summed E-state index contributed by atoms with van der Waals surface area (Å²) in [5.41, 5.74) is 7.46. The first-order valence-corrected chi connectivity index (χ1v) is 7.73. The molecule has 4 rings (SSSR count). The van der Waals surface area contributed by atoms with Gasteiger partial charge in [-0.1, -0.05) is 0 Å². The molecule has 0 radical (unpaired) electrons. The highest BCUT2D eigenvalue weighted by molar-refractivity contribution is 5.93. The van der Waals surface area contributed by atoms with Crippen LogP contribution in [0.3, 0.4) is 0 Å². The van der Waals surface area contributed by atoms with Crippen LogP contribution >= 0.6 is 12.4 Å². The van der Waals surface area contributed by atoms with Gasteiger partial charge in [-0.05, 0) is 42.9 Å². The number of nitrogens with two attached hydrogens (primary N) is 1. The Labute approximate surface area is 141 Å². The summed E-state index contributed by atoms with van der Waals surface area (Å²) in [5.74, 6) is 1.02. The second-order valence-electron chi connectivity index (χ2n) is 6.23. The van der Waals surface area contributed by atoms with Crippen molar-refractivity contribution in [2.75, 3.05) is 13.1 Å². The summed E-state index contributed by atoms with van der Waals surface area (Å²) < 4.78 is 1.73. The normalized spacial score (nSPS) is 26.0. The van der Waals surface area contributed by atoms with E-state index in [-0.39, 0.29) is 24.4 Å². The Bertz CT molecular complexity index is 690. The van der Waals surface area contributed by atoms with Gasteiger partial charge in [0.1, 0.15) is 5.69 Å². The van der Waals surface area contributed by atoms with Crippen LogP contribution in [-0.4, -0.2) is 44.7 Å². The molecule has 2 aliphatic rings. The van der Waals surface area contributed by atoms with Gasteiger partial charge < -0.3 is 10.6 Å². The van der Waals surface area contributed by atoms with Gasteiger partial charge in [0.2, 0.25) is 0 Å². The molecule has 7 heteroatoms. The minimum Gasteiger partial charge on any atom is -0.337 e. The fourth-order valence-corrected chi connectivity index (χ4v) is 3.74. The van der Waals surface area contributed by atoms with Gasteiger partial charge in [-0.2, -0.15) is 5.10 Å². The fraction of sp³-hybridized carbons (Fsp3) is 0.438. The number of halogens is 1. The van der Waals surface area contributed by atoms with Crippen molar-refractivity contribution in [2.45, 2.75) is 18.9 Å². The lowest BCUT2D eigenvalue weighted by Crippen LogP contribution is -2.33. The topological polar surface area (TPSA) is 77.0 Å². The van der Waals surface area contributed by atoms with Crippen molar-refractivity contribution in [2.24, 2.45) is 17.6 Å². The van der Waals surface area contributed by atoms with E-state index >= 15 is 0 Å². The number of aromatic nitrogens is 3. The van der Waals surface area contributed by atoms with E-state index in [2.05, 4.69) is 10.1 Å². The maximum Gasteiger partial charge on any atom is 0.272 e. The Kier molecular flexibility index (Phi) is 4.37. The van der Waals surface area contributed by atoms with Gasteiger partial charge in [0.25, 0.3) is 5.91 Å². The van der Waals surface area contributed by atoms with E-state index in [1.54, 1.807) is 23.1 Å². The molecule has 2 aromatic heterocycles.